The number of benzene rings is 1. The minimum Gasteiger partial charge on any atom is -0.364 e. The van der Waals surface area contributed by atoms with Crippen LogP contribution in [0.15, 0.2) is 48.9 Å². The second-order valence-electron chi connectivity index (χ2n) is 5.97. The van der Waals surface area contributed by atoms with E-state index in [1.54, 1.807) is 22.9 Å². The van der Waals surface area contributed by atoms with Crippen LogP contribution in [0.4, 0.5) is 0 Å². The largest absolute Gasteiger partial charge is 0.364 e. The van der Waals surface area contributed by atoms with Crippen LogP contribution in [0, 0.1) is 13.8 Å². The van der Waals surface area contributed by atoms with Gasteiger partial charge in [0.05, 0.1) is 17.9 Å². The molecule has 3 aromatic rings. The van der Waals surface area contributed by atoms with E-state index in [0.717, 1.165) is 16.8 Å². The fourth-order valence-electron chi connectivity index (χ4n) is 2.76. The van der Waals surface area contributed by atoms with Gasteiger partial charge in [0.1, 0.15) is 12.0 Å². The van der Waals surface area contributed by atoms with Gasteiger partial charge in [0.25, 0.3) is 11.8 Å². The smallest absolute Gasteiger partial charge is 0.271 e. The van der Waals surface area contributed by atoms with Gasteiger partial charge in [-0.25, -0.2) is 4.98 Å². The molecule has 0 fully saturated rings. The first-order valence-electron chi connectivity index (χ1n) is 8.10. The van der Waals surface area contributed by atoms with Crippen molar-refractivity contribution in [3.05, 3.63) is 77.1 Å². The number of nitrogens with one attached hydrogen (secondary N) is 1. The summed E-state index contributed by atoms with van der Waals surface area (Å²) in [6, 6.07) is 11.2. The number of imidazole rings is 1. The average molecular weight is 349 g/mol. The van der Waals surface area contributed by atoms with E-state index in [-0.39, 0.29) is 17.9 Å². The van der Waals surface area contributed by atoms with Crippen LogP contribution in [-0.4, -0.2) is 26.3 Å². The number of carbonyl (C=O) groups is 2. The molecule has 3 N–H and O–H groups in total. The van der Waals surface area contributed by atoms with Crippen LogP contribution in [0.2, 0.25) is 0 Å². The Morgan fingerprint density at radius 3 is 2.62 bits per heavy atom. The molecular formula is C19H19N5O2. The lowest BCUT2D eigenvalue weighted by Crippen LogP contribution is -2.28. The normalized spacial score (nSPS) is 10.5. The van der Waals surface area contributed by atoms with Gasteiger partial charge in [-0.3, -0.25) is 19.1 Å². The Morgan fingerprint density at radius 1 is 1.15 bits per heavy atom. The van der Waals surface area contributed by atoms with E-state index in [4.69, 9.17) is 5.73 Å². The molecule has 0 aliphatic carbocycles. The number of pyridine rings is 1. The molecule has 7 heteroatoms. The first-order valence-corrected chi connectivity index (χ1v) is 8.10. The Hall–Kier alpha value is -3.48. The molecule has 0 saturated carbocycles. The molecule has 0 spiro atoms. The molecule has 0 bridgehead atoms. The molecule has 0 atom stereocenters. The van der Waals surface area contributed by atoms with Gasteiger partial charge in [-0.05, 0) is 37.6 Å². The molecule has 3 rings (SSSR count). The Labute approximate surface area is 150 Å². The summed E-state index contributed by atoms with van der Waals surface area (Å²) in [4.78, 5) is 32.7. The first kappa shape index (κ1) is 17.3. The number of carbonyl (C=O) groups excluding carboxylic acids is 2. The van der Waals surface area contributed by atoms with Gasteiger partial charge < -0.3 is 11.1 Å². The van der Waals surface area contributed by atoms with E-state index in [1.807, 2.05) is 38.1 Å². The van der Waals surface area contributed by atoms with Crippen molar-refractivity contribution in [2.45, 2.75) is 20.4 Å². The van der Waals surface area contributed by atoms with E-state index >= 15 is 0 Å². The van der Waals surface area contributed by atoms with E-state index < -0.39 is 11.8 Å². The third kappa shape index (κ3) is 3.46. The van der Waals surface area contributed by atoms with Crippen molar-refractivity contribution < 1.29 is 9.59 Å². The zero-order valence-electron chi connectivity index (χ0n) is 14.6. The highest BCUT2D eigenvalue weighted by Gasteiger charge is 2.23. The highest BCUT2D eigenvalue weighted by molar-refractivity contribution is 6.04. The number of primary amides is 1. The number of aromatic nitrogens is 3. The molecule has 2 heterocycles. The number of amides is 2. The molecule has 0 aliphatic heterocycles. The van der Waals surface area contributed by atoms with Crippen molar-refractivity contribution in [1.29, 1.82) is 0 Å². The predicted molar refractivity (Wildman–Crippen MR) is 97.0 cm³/mol. The van der Waals surface area contributed by atoms with Crippen molar-refractivity contribution in [3.63, 3.8) is 0 Å². The van der Waals surface area contributed by atoms with Gasteiger partial charge in [0.2, 0.25) is 0 Å². The highest BCUT2D eigenvalue weighted by Crippen LogP contribution is 2.20. The fraction of sp³-hybridized carbons (Fsp3) is 0.158. The third-order valence-corrected chi connectivity index (χ3v) is 3.98. The van der Waals surface area contributed by atoms with Crippen molar-refractivity contribution in [3.8, 4) is 5.69 Å². The first-order chi connectivity index (χ1) is 12.5. The number of nitrogens with two attached hydrogens (primary N) is 1. The standard InChI is InChI=1S/C19H19N5O2/c1-12-6-7-15(13(2)9-12)24-11-23-16(18(20)25)17(24)19(26)22-10-14-5-3-4-8-21-14/h3-9,11H,10H2,1-2H3,(H2,20,25)(H,22,26). The van der Waals surface area contributed by atoms with Crippen LogP contribution in [0.1, 0.15) is 37.8 Å². The maximum absolute atomic E-state index is 12.8. The molecule has 1 aromatic carbocycles. The van der Waals surface area contributed by atoms with Gasteiger partial charge in [0, 0.05) is 6.20 Å². The Bertz CT molecular complexity index is 963. The monoisotopic (exact) mass is 349 g/mol. The predicted octanol–water partition coefficient (Wildman–Crippen LogP) is 1.91. The average Bonchev–Trinajstić information content (AvgIpc) is 3.05. The number of rotatable bonds is 5. The Balaban J connectivity index is 1.97. The van der Waals surface area contributed by atoms with Gasteiger partial charge >= 0.3 is 0 Å². The minimum absolute atomic E-state index is 0.0662. The van der Waals surface area contributed by atoms with Crippen LogP contribution in [0.25, 0.3) is 5.69 Å². The third-order valence-electron chi connectivity index (χ3n) is 3.98. The molecule has 0 radical (unpaired) electrons. The summed E-state index contributed by atoms with van der Waals surface area (Å²) in [5, 5.41) is 2.77. The van der Waals surface area contributed by atoms with Gasteiger partial charge in [-0.2, -0.15) is 0 Å². The lowest BCUT2D eigenvalue weighted by atomic mass is 10.1. The number of hydrogen-bond donors (Lipinski definition) is 2. The van der Waals surface area contributed by atoms with E-state index in [0.29, 0.717) is 5.69 Å². The Kier molecular flexibility index (Phi) is 4.79. The summed E-state index contributed by atoms with van der Waals surface area (Å²) >= 11 is 0. The second kappa shape index (κ2) is 7.18. The number of aryl methyl sites for hydroxylation is 2. The van der Waals surface area contributed by atoms with Gasteiger partial charge in [-0.1, -0.05) is 23.8 Å². The molecule has 7 nitrogen and oxygen atoms in total. The maximum Gasteiger partial charge on any atom is 0.271 e. The molecule has 0 unspecified atom stereocenters. The van der Waals surface area contributed by atoms with Crippen molar-refractivity contribution >= 4 is 11.8 Å². The van der Waals surface area contributed by atoms with Crippen LogP contribution < -0.4 is 11.1 Å². The molecular weight excluding hydrogens is 330 g/mol. The molecule has 0 aliphatic rings. The van der Waals surface area contributed by atoms with Gasteiger partial charge in [0.15, 0.2) is 5.69 Å². The highest BCUT2D eigenvalue weighted by atomic mass is 16.2. The maximum atomic E-state index is 12.8. The van der Waals surface area contributed by atoms with Crippen molar-refractivity contribution in [2.75, 3.05) is 0 Å². The van der Waals surface area contributed by atoms with E-state index in [9.17, 15) is 9.59 Å². The molecule has 132 valence electrons. The molecule has 0 saturated heterocycles. The SMILES string of the molecule is Cc1ccc(-n2cnc(C(N)=O)c2C(=O)NCc2ccccn2)c(C)c1. The molecule has 26 heavy (non-hydrogen) atoms. The zero-order valence-corrected chi connectivity index (χ0v) is 14.6. The molecule has 2 aromatic heterocycles. The van der Waals surface area contributed by atoms with Crippen molar-refractivity contribution in [2.24, 2.45) is 5.73 Å². The van der Waals surface area contributed by atoms with Crippen molar-refractivity contribution in [1.82, 2.24) is 19.9 Å². The van der Waals surface area contributed by atoms with E-state index in [2.05, 4.69) is 15.3 Å². The van der Waals surface area contributed by atoms with E-state index in [1.165, 1.54) is 6.33 Å². The number of nitrogens with zero attached hydrogens (tertiary/aromatic N) is 3. The summed E-state index contributed by atoms with van der Waals surface area (Å²) < 4.78 is 1.59. The van der Waals surface area contributed by atoms with Crippen LogP contribution in [-0.2, 0) is 6.54 Å². The number of hydrogen-bond acceptors (Lipinski definition) is 4. The fourth-order valence-corrected chi connectivity index (χ4v) is 2.76. The summed E-state index contributed by atoms with van der Waals surface area (Å²) in [7, 11) is 0. The quantitative estimate of drug-likeness (QED) is 0.734. The lowest BCUT2D eigenvalue weighted by Gasteiger charge is -2.12. The van der Waals surface area contributed by atoms with Crippen LogP contribution in [0.3, 0.4) is 0 Å². The summed E-state index contributed by atoms with van der Waals surface area (Å²) in [5.74, 6) is -1.20. The van der Waals surface area contributed by atoms with Crippen LogP contribution >= 0.6 is 0 Å². The molecule has 2 amide bonds. The lowest BCUT2D eigenvalue weighted by molar-refractivity contribution is 0.0926. The summed E-state index contributed by atoms with van der Waals surface area (Å²) in [6.45, 7) is 4.15. The minimum atomic E-state index is -0.753. The topological polar surface area (TPSA) is 103 Å². The summed E-state index contributed by atoms with van der Waals surface area (Å²) in [5.41, 5.74) is 8.98. The van der Waals surface area contributed by atoms with Crippen LogP contribution in [0.5, 0.6) is 0 Å². The second-order valence-corrected chi connectivity index (χ2v) is 5.97. The van der Waals surface area contributed by atoms with Gasteiger partial charge in [-0.15, -0.1) is 0 Å². The summed E-state index contributed by atoms with van der Waals surface area (Å²) in [6.07, 6.45) is 3.09. The zero-order chi connectivity index (χ0) is 18.7. The Morgan fingerprint density at radius 2 is 1.96 bits per heavy atom.